The van der Waals surface area contributed by atoms with Crippen LogP contribution in [-0.2, 0) is 11.3 Å². The zero-order valence-electron chi connectivity index (χ0n) is 11.4. The van der Waals surface area contributed by atoms with Gasteiger partial charge in [-0.25, -0.2) is 0 Å². The highest BCUT2D eigenvalue weighted by Crippen LogP contribution is 2.21. The third kappa shape index (κ3) is 3.82. The molecule has 0 radical (unpaired) electrons. The van der Waals surface area contributed by atoms with Gasteiger partial charge in [-0.1, -0.05) is 54.9 Å². The minimum absolute atomic E-state index is 0.0294. The summed E-state index contributed by atoms with van der Waals surface area (Å²) in [7, 11) is 1.79. The van der Waals surface area contributed by atoms with Crippen molar-refractivity contribution in [3.63, 3.8) is 0 Å². The van der Waals surface area contributed by atoms with Crippen LogP contribution in [0.2, 0.25) is 0 Å². The zero-order chi connectivity index (χ0) is 13.9. The maximum atomic E-state index is 12.2. The standard InChI is InChI=1S/C14H21BrN2O/c1-14(2,3)12(16)13(18)17(4)9-10-7-5-6-8-11(10)15/h5-8,12H,9,16H2,1-4H3/t12-/m1/s1. The number of hydrogen-bond acceptors (Lipinski definition) is 2. The predicted octanol–water partition coefficient (Wildman–Crippen LogP) is 2.78. The molecule has 4 heteroatoms. The number of likely N-dealkylation sites (N-methyl/N-ethyl adjacent to an activating group) is 1. The van der Waals surface area contributed by atoms with Crippen molar-refractivity contribution < 1.29 is 4.79 Å². The molecule has 18 heavy (non-hydrogen) atoms. The highest BCUT2D eigenvalue weighted by Gasteiger charge is 2.29. The molecule has 0 bridgehead atoms. The second-order valence-corrected chi connectivity index (χ2v) is 6.48. The lowest BCUT2D eigenvalue weighted by atomic mass is 9.86. The molecule has 1 rings (SSSR count). The van der Waals surface area contributed by atoms with Gasteiger partial charge in [-0.3, -0.25) is 4.79 Å². The van der Waals surface area contributed by atoms with Gasteiger partial charge in [0, 0.05) is 18.1 Å². The molecule has 0 fully saturated rings. The third-order valence-electron chi connectivity index (χ3n) is 2.94. The third-order valence-corrected chi connectivity index (χ3v) is 3.71. The van der Waals surface area contributed by atoms with Crippen molar-refractivity contribution in [1.29, 1.82) is 0 Å². The molecule has 0 heterocycles. The first-order valence-electron chi connectivity index (χ1n) is 5.97. The van der Waals surface area contributed by atoms with E-state index in [2.05, 4.69) is 15.9 Å². The molecular weight excluding hydrogens is 292 g/mol. The van der Waals surface area contributed by atoms with Gasteiger partial charge < -0.3 is 10.6 Å². The van der Waals surface area contributed by atoms with E-state index in [9.17, 15) is 4.79 Å². The summed E-state index contributed by atoms with van der Waals surface area (Å²) in [5.74, 6) is -0.0294. The summed E-state index contributed by atoms with van der Waals surface area (Å²) in [4.78, 5) is 13.9. The van der Waals surface area contributed by atoms with Crippen molar-refractivity contribution in [2.24, 2.45) is 11.1 Å². The Morgan fingerprint density at radius 3 is 2.44 bits per heavy atom. The van der Waals surface area contributed by atoms with E-state index >= 15 is 0 Å². The Morgan fingerprint density at radius 2 is 1.94 bits per heavy atom. The fraction of sp³-hybridized carbons (Fsp3) is 0.500. The predicted molar refractivity (Wildman–Crippen MR) is 78.0 cm³/mol. The monoisotopic (exact) mass is 312 g/mol. The number of benzene rings is 1. The van der Waals surface area contributed by atoms with Crippen molar-refractivity contribution in [3.8, 4) is 0 Å². The van der Waals surface area contributed by atoms with Gasteiger partial charge in [0.1, 0.15) is 0 Å². The van der Waals surface area contributed by atoms with E-state index in [1.54, 1.807) is 11.9 Å². The second kappa shape index (κ2) is 5.85. The summed E-state index contributed by atoms with van der Waals surface area (Å²) in [5, 5.41) is 0. The molecule has 3 nitrogen and oxygen atoms in total. The molecule has 1 aromatic carbocycles. The number of amides is 1. The van der Waals surface area contributed by atoms with Crippen LogP contribution in [0.5, 0.6) is 0 Å². The maximum absolute atomic E-state index is 12.2. The molecule has 0 spiro atoms. The summed E-state index contributed by atoms with van der Waals surface area (Å²) in [6, 6.07) is 7.40. The summed E-state index contributed by atoms with van der Waals surface area (Å²) < 4.78 is 1.01. The molecule has 0 aliphatic carbocycles. The zero-order valence-corrected chi connectivity index (χ0v) is 13.0. The van der Waals surface area contributed by atoms with Crippen molar-refractivity contribution in [1.82, 2.24) is 4.90 Å². The fourth-order valence-corrected chi connectivity index (χ4v) is 1.98. The molecule has 1 aromatic rings. The molecular formula is C14H21BrN2O. The SMILES string of the molecule is CN(Cc1ccccc1Br)C(=O)[C@@H](N)C(C)(C)C. The van der Waals surface area contributed by atoms with Gasteiger partial charge in [0.05, 0.1) is 6.04 Å². The van der Waals surface area contributed by atoms with E-state index in [1.165, 1.54) is 0 Å². The average Bonchev–Trinajstić information content (AvgIpc) is 2.29. The van der Waals surface area contributed by atoms with Gasteiger partial charge in [-0.05, 0) is 17.0 Å². The van der Waals surface area contributed by atoms with Crippen LogP contribution >= 0.6 is 15.9 Å². The number of nitrogens with zero attached hydrogens (tertiary/aromatic N) is 1. The lowest BCUT2D eigenvalue weighted by Gasteiger charge is -2.30. The highest BCUT2D eigenvalue weighted by atomic mass is 79.9. The molecule has 0 saturated heterocycles. The largest absolute Gasteiger partial charge is 0.340 e. The van der Waals surface area contributed by atoms with E-state index in [0.29, 0.717) is 6.54 Å². The lowest BCUT2D eigenvalue weighted by molar-refractivity contribution is -0.134. The Hall–Kier alpha value is -0.870. The Balaban J connectivity index is 2.75. The first-order chi connectivity index (χ1) is 8.23. The first kappa shape index (κ1) is 15.2. The quantitative estimate of drug-likeness (QED) is 0.933. The van der Waals surface area contributed by atoms with Gasteiger partial charge in [0.2, 0.25) is 5.91 Å². The number of carbonyl (C=O) groups excluding carboxylic acids is 1. The smallest absolute Gasteiger partial charge is 0.240 e. The number of hydrogen-bond donors (Lipinski definition) is 1. The van der Waals surface area contributed by atoms with Crippen molar-refractivity contribution in [3.05, 3.63) is 34.3 Å². The first-order valence-corrected chi connectivity index (χ1v) is 6.76. The second-order valence-electron chi connectivity index (χ2n) is 5.63. The van der Waals surface area contributed by atoms with Crippen LogP contribution in [-0.4, -0.2) is 23.9 Å². The maximum Gasteiger partial charge on any atom is 0.240 e. The Morgan fingerprint density at radius 1 is 1.39 bits per heavy atom. The summed E-state index contributed by atoms with van der Waals surface area (Å²) in [5.41, 5.74) is 6.84. The number of nitrogens with two attached hydrogens (primary N) is 1. The summed E-state index contributed by atoms with van der Waals surface area (Å²) in [6.45, 7) is 6.48. The molecule has 100 valence electrons. The van der Waals surface area contributed by atoms with Crippen LogP contribution in [0.4, 0.5) is 0 Å². The Labute approximate surface area is 117 Å². The van der Waals surface area contributed by atoms with E-state index in [0.717, 1.165) is 10.0 Å². The number of halogens is 1. The summed E-state index contributed by atoms with van der Waals surface area (Å²) in [6.07, 6.45) is 0. The Bertz CT molecular complexity index is 426. The van der Waals surface area contributed by atoms with E-state index in [4.69, 9.17) is 5.73 Å². The lowest BCUT2D eigenvalue weighted by Crippen LogP contribution is -2.48. The highest BCUT2D eigenvalue weighted by molar-refractivity contribution is 9.10. The van der Waals surface area contributed by atoms with E-state index in [1.807, 2.05) is 45.0 Å². The topological polar surface area (TPSA) is 46.3 Å². The van der Waals surface area contributed by atoms with Crippen LogP contribution in [0, 0.1) is 5.41 Å². The molecule has 0 aliphatic rings. The normalized spacial score (nSPS) is 13.2. The molecule has 0 aliphatic heterocycles. The van der Waals surface area contributed by atoms with Crippen LogP contribution in [0.3, 0.4) is 0 Å². The van der Waals surface area contributed by atoms with Gasteiger partial charge in [0.25, 0.3) is 0 Å². The van der Waals surface area contributed by atoms with Gasteiger partial charge >= 0.3 is 0 Å². The molecule has 2 N–H and O–H groups in total. The van der Waals surface area contributed by atoms with Crippen molar-refractivity contribution >= 4 is 21.8 Å². The van der Waals surface area contributed by atoms with Gasteiger partial charge in [-0.15, -0.1) is 0 Å². The van der Waals surface area contributed by atoms with Crippen LogP contribution in [0.25, 0.3) is 0 Å². The minimum Gasteiger partial charge on any atom is -0.340 e. The number of carbonyl (C=O) groups is 1. The Kier molecular flexibility index (Phi) is 4.93. The van der Waals surface area contributed by atoms with E-state index < -0.39 is 6.04 Å². The van der Waals surface area contributed by atoms with Crippen molar-refractivity contribution in [2.45, 2.75) is 33.4 Å². The molecule has 0 aromatic heterocycles. The fourth-order valence-electron chi connectivity index (χ4n) is 1.57. The molecule has 0 unspecified atom stereocenters. The minimum atomic E-state index is -0.481. The summed E-state index contributed by atoms with van der Waals surface area (Å²) >= 11 is 3.48. The molecule has 1 atom stereocenters. The average molecular weight is 313 g/mol. The van der Waals surface area contributed by atoms with Crippen LogP contribution in [0.15, 0.2) is 28.7 Å². The van der Waals surface area contributed by atoms with Crippen LogP contribution in [0.1, 0.15) is 26.3 Å². The van der Waals surface area contributed by atoms with Gasteiger partial charge in [0.15, 0.2) is 0 Å². The number of rotatable bonds is 3. The molecule has 0 saturated carbocycles. The van der Waals surface area contributed by atoms with E-state index in [-0.39, 0.29) is 11.3 Å². The van der Waals surface area contributed by atoms with Crippen molar-refractivity contribution in [2.75, 3.05) is 7.05 Å². The van der Waals surface area contributed by atoms with Crippen LogP contribution < -0.4 is 5.73 Å². The van der Waals surface area contributed by atoms with Gasteiger partial charge in [-0.2, -0.15) is 0 Å². The molecule has 1 amide bonds.